The van der Waals surface area contributed by atoms with Crippen LogP contribution in [-0.4, -0.2) is 34.2 Å². The van der Waals surface area contributed by atoms with Crippen molar-refractivity contribution in [3.05, 3.63) is 47.5 Å². The number of urea groups is 1. The lowest BCUT2D eigenvalue weighted by Gasteiger charge is -2.30. The zero-order chi connectivity index (χ0) is 19.0. The first-order valence-electron chi connectivity index (χ1n) is 9.62. The molecule has 5 heteroatoms. The Balaban J connectivity index is 1.56. The van der Waals surface area contributed by atoms with Gasteiger partial charge in [-0.1, -0.05) is 42.3 Å². The van der Waals surface area contributed by atoms with Crippen LogP contribution >= 0.6 is 0 Å². The van der Waals surface area contributed by atoms with Crippen molar-refractivity contribution in [3.8, 4) is 11.1 Å². The lowest BCUT2D eigenvalue weighted by Crippen LogP contribution is -2.40. The molecule has 3 aromatic rings. The number of nitrogens with zero attached hydrogens (tertiary/aromatic N) is 2. The smallest absolute Gasteiger partial charge is 0.323 e. The number of carbonyl (C=O) groups is 1. The largest absolute Gasteiger partial charge is 0.324 e. The van der Waals surface area contributed by atoms with E-state index >= 15 is 0 Å². The number of nitrogens with one attached hydrogen (secondary N) is 2. The Morgan fingerprint density at radius 2 is 1.78 bits per heavy atom. The summed E-state index contributed by atoms with van der Waals surface area (Å²) in [5.74, 6) is 1.30. The predicted octanol–water partition coefficient (Wildman–Crippen LogP) is 5.11. The van der Waals surface area contributed by atoms with Crippen molar-refractivity contribution < 1.29 is 4.79 Å². The zero-order valence-electron chi connectivity index (χ0n) is 16.2. The molecule has 1 saturated heterocycles. The third kappa shape index (κ3) is 3.68. The molecule has 140 valence electrons. The van der Waals surface area contributed by atoms with E-state index in [0.717, 1.165) is 42.4 Å². The molecular formula is C22H26N4O. The summed E-state index contributed by atoms with van der Waals surface area (Å²) in [4.78, 5) is 14.4. The normalized spacial score (nSPS) is 15.3. The monoisotopic (exact) mass is 362 g/mol. The topological polar surface area (TPSA) is 61.0 Å². The number of aryl methyl sites for hydroxylation is 2. The van der Waals surface area contributed by atoms with Crippen molar-refractivity contribution in [1.29, 1.82) is 0 Å². The summed E-state index contributed by atoms with van der Waals surface area (Å²) in [6.07, 6.45) is 2.13. The van der Waals surface area contributed by atoms with E-state index in [1.807, 2.05) is 11.0 Å². The number of piperidine rings is 1. The van der Waals surface area contributed by atoms with Crippen LogP contribution in [0.15, 0.2) is 36.4 Å². The average molecular weight is 362 g/mol. The molecule has 1 fully saturated rings. The Labute approximate surface area is 159 Å². The Morgan fingerprint density at radius 1 is 1.07 bits per heavy atom. The average Bonchev–Trinajstić information content (AvgIpc) is 3.03. The summed E-state index contributed by atoms with van der Waals surface area (Å²) in [7, 11) is 0. The van der Waals surface area contributed by atoms with E-state index < -0.39 is 0 Å². The third-order valence-electron chi connectivity index (χ3n) is 5.41. The van der Waals surface area contributed by atoms with Crippen molar-refractivity contribution in [3.63, 3.8) is 0 Å². The predicted molar refractivity (Wildman–Crippen MR) is 110 cm³/mol. The van der Waals surface area contributed by atoms with Gasteiger partial charge in [0.1, 0.15) is 0 Å². The van der Waals surface area contributed by atoms with E-state index in [2.05, 4.69) is 66.6 Å². The van der Waals surface area contributed by atoms with Crippen LogP contribution in [0.4, 0.5) is 10.6 Å². The first-order chi connectivity index (χ1) is 13.0. The lowest BCUT2D eigenvalue weighted by atomic mass is 9.99. The van der Waals surface area contributed by atoms with Gasteiger partial charge in [-0.25, -0.2) is 4.79 Å². The van der Waals surface area contributed by atoms with E-state index in [-0.39, 0.29) is 6.03 Å². The number of carbonyl (C=O) groups excluding carboxylic acids is 1. The zero-order valence-corrected chi connectivity index (χ0v) is 16.2. The molecule has 27 heavy (non-hydrogen) atoms. The fourth-order valence-corrected chi connectivity index (χ4v) is 3.83. The summed E-state index contributed by atoms with van der Waals surface area (Å²) < 4.78 is 0. The molecule has 2 N–H and O–H groups in total. The Kier molecular flexibility index (Phi) is 4.60. The molecule has 1 aliphatic heterocycles. The fourth-order valence-electron chi connectivity index (χ4n) is 3.83. The number of fused-ring (bicyclic) bond motifs is 1. The van der Waals surface area contributed by atoms with E-state index in [1.54, 1.807) is 0 Å². The fraction of sp³-hybridized carbons (Fsp3) is 0.364. The highest BCUT2D eigenvalue weighted by Crippen LogP contribution is 2.28. The molecule has 0 radical (unpaired) electrons. The summed E-state index contributed by atoms with van der Waals surface area (Å²) in [5, 5.41) is 11.3. The van der Waals surface area contributed by atoms with Crippen molar-refractivity contribution in [2.75, 3.05) is 18.4 Å². The second-order valence-electron chi connectivity index (χ2n) is 7.81. The van der Waals surface area contributed by atoms with Gasteiger partial charge in [0.25, 0.3) is 0 Å². The minimum absolute atomic E-state index is 0.0614. The van der Waals surface area contributed by atoms with Crippen LogP contribution < -0.4 is 5.32 Å². The molecule has 1 aliphatic rings. The van der Waals surface area contributed by atoms with Gasteiger partial charge in [-0.05, 0) is 55.9 Å². The van der Waals surface area contributed by atoms with E-state index in [1.165, 1.54) is 16.7 Å². The molecule has 0 aliphatic carbocycles. The minimum Gasteiger partial charge on any atom is -0.324 e. The molecule has 0 saturated carbocycles. The first kappa shape index (κ1) is 17.6. The summed E-state index contributed by atoms with van der Waals surface area (Å²) in [6.45, 7) is 8.09. The number of hydrogen-bond acceptors (Lipinski definition) is 2. The van der Waals surface area contributed by atoms with E-state index in [4.69, 9.17) is 0 Å². The second kappa shape index (κ2) is 7.06. The molecular weight excluding hydrogens is 336 g/mol. The highest BCUT2D eigenvalue weighted by molar-refractivity contribution is 6.00. The van der Waals surface area contributed by atoms with E-state index in [9.17, 15) is 4.79 Å². The van der Waals surface area contributed by atoms with Crippen LogP contribution in [-0.2, 0) is 0 Å². The van der Waals surface area contributed by atoms with Crippen LogP contribution in [0.1, 0.15) is 30.9 Å². The molecule has 5 nitrogen and oxygen atoms in total. The van der Waals surface area contributed by atoms with Crippen LogP contribution in [0.5, 0.6) is 0 Å². The van der Waals surface area contributed by atoms with Crippen molar-refractivity contribution in [2.45, 2.75) is 33.6 Å². The van der Waals surface area contributed by atoms with Gasteiger partial charge in [-0.3, -0.25) is 10.4 Å². The van der Waals surface area contributed by atoms with Crippen LogP contribution in [0.2, 0.25) is 0 Å². The molecule has 2 heterocycles. The van der Waals surface area contributed by atoms with Gasteiger partial charge in [-0.15, -0.1) is 0 Å². The number of aromatic amines is 1. The highest BCUT2D eigenvalue weighted by atomic mass is 16.2. The van der Waals surface area contributed by atoms with Gasteiger partial charge in [0.2, 0.25) is 0 Å². The molecule has 0 bridgehead atoms. The van der Waals surface area contributed by atoms with Crippen molar-refractivity contribution in [2.24, 2.45) is 5.92 Å². The lowest BCUT2D eigenvalue weighted by molar-refractivity contribution is 0.186. The molecule has 2 aromatic carbocycles. The second-order valence-corrected chi connectivity index (χ2v) is 7.81. The summed E-state index contributed by atoms with van der Waals surface area (Å²) >= 11 is 0. The van der Waals surface area contributed by atoms with Crippen LogP contribution in [0.3, 0.4) is 0 Å². The van der Waals surface area contributed by atoms with Gasteiger partial charge < -0.3 is 4.90 Å². The number of amides is 2. The number of anilines is 1. The molecule has 1 aromatic heterocycles. The highest BCUT2D eigenvalue weighted by Gasteiger charge is 2.21. The molecule has 4 rings (SSSR count). The first-order valence-corrected chi connectivity index (χ1v) is 9.62. The van der Waals surface area contributed by atoms with Crippen molar-refractivity contribution >= 4 is 22.8 Å². The maximum Gasteiger partial charge on any atom is 0.323 e. The summed E-state index contributed by atoms with van der Waals surface area (Å²) in [5.41, 5.74) is 5.75. The van der Waals surface area contributed by atoms with Gasteiger partial charge in [0, 0.05) is 18.5 Å². The number of H-pyrrole nitrogens is 1. The SMILES string of the molecule is Cc1cc(C)cc(-c2ccc3c(NC(=O)N4CCC(C)CC4)n[nH]c3c2)c1. The number of benzene rings is 2. The molecule has 0 atom stereocenters. The van der Waals surface area contributed by atoms with Gasteiger partial charge in [0.15, 0.2) is 5.82 Å². The number of aromatic nitrogens is 2. The Morgan fingerprint density at radius 3 is 2.48 bits per heavy atom. The van der Waals surface area contributed by atoms with Crippen molar-refractivity contribution in [1.82, 2.24) is 15.1 Å². The number of likely N-dealkylation sites (tertiary alicyclic amines) is 1. The molecule has 0 unspecified atom stereocenters. The minimum atomic E-state index is -0.0614. The summed E-state index contributed by atoms with van der Waals surface area (Å²) in [6, 6.07) is 12.7. The maximum absolute atomic E-state index is 12.5. The third-order valence-corrected chi connectivity index (χ3v) is 5.41. The van der Waals surface area contributed by atoms with E-state index in [0.29, 0.717) is 11.7 Å². The van der Waals surface area contributed by atoms with Gasteiger partial charge in [0.05, 0.1) is 5.52 Å². The standard InChI is InChI=1S/C22H26N4O/c1-14-6-8-26(9-7-14)22(27)23-21-19-5-4-17(13-20(19)24-25-21)18-11-15(2)10-16(3)12-18/h4-5,10-14H,6-9H2,1-3H3,(H2,23,24,25,27). The maximum atomic E-state index is 12.5. The van der Waals surface area contributed by atoms with Gasteiger partial charge >= 0.3 is 6.03 Å². The number of rotatable bonds is 2. The van der Waals surface area contributed by atoms with Gasteiger partial charge in [-0.2, -0.15) is 5.10 Å². The van der Waals surface area contributed by atoms with Crippen LogP contribution in [0, 0.1) is 19.8 Å². The number of hydrogen-bond donors (Lipinski definition) is 2. The molecule has 2 amide bonds. The quantitative estimate of drug-likeness (QED) is 0.665. The van der Waals surface area contributed by atoms with Crippen LogP contribution in [0.25, 0.3) is 22.0 Å². The Bertz CT molecular complexity index is 963. The Hall–Kier alpha value is -2.82. The molecule has 0 spiro atoms.